The number of rotatable bonds is 3. The van der Waals surface area contributed by atoms with Gasteiger partial charge in [-0.2, -0.15) is 26.3 Å². The number of nitrogens with one attached hydrogen (secondary N) is 1. The number of aliphatic imine (C=N–C) groups is 1. The first kappa shape index (κ1) is 19.7. The van der Waals surface area contributed by atoms with Crippen LogP contribution in [0.3, 0.4) is 0 Å². The van der Waals surface area contributed by atoms with Gasteiger partial charge in [-0.25, -0.2) is 9.79 Å². The fraction of sp³-hybridized carbons (Fsp3) is 0.222. The Morgan fingerprint density at radius 1 is 0.857 bits per heavy atom. The van der Waals surface area contributed by atoms with E-state index in [4.69, 9.17) is 0 Å². The number of hydrogen-bond donors (Lipinski definition) is 1. The van der Waals surface area contributed by atoms with Crippen LogP contribution >= 0.6 is 0 Å². The van der Waals surface area contributed by atoms with Crippen molar-refractivity contribution >= 4 is 11.9 Å². The van der Waals surface area contributed by atoms with Crippen molar-refractivity contribution in [1.82, 2.24) is 10.2 Å². The first-order chi connectivity index (χ1) is 13.1. The molecule has 0 radical (unpaired) electrons. The lowest BCUT2D eigenvalue weighted by Crippen LogP contribution is -2.71. The van der Waals surface area contributed by atoms with Crippen molar-refractivity contribution in [2.45, 2.75) is 24.6 Å². The van der Waals surface area contributed by atoms with Crippen LogP contribution in [-0.4, -0.2) is 34.8 Å². The summed E-state index contributed by atoms with van der Waals surface area (Å²) in [5.41, 5.74) is -4.27. The fourth-order valence-corrected chi connectivity index (χ4v) is 2.72. The number of benzene rings is 2. The molecule has 2 aromatic rings. The van der Waals surface area contributed by atoms with E-state index in [1.165, 1.54) is 30.3 Å². The molecule has 2 amide bonds. The van der Waals surface area contributed by atoms with Crippen LogP contribution in [0.1, 0.15) is 11.1 Å². The molecule has 0 aliphatic carbocycles. The molecule has 4 nitrogen and oxygen atoms in total. The Labute approximate surface area is 155 Å². The maximum absolute atomic E-state index is 13.4. The largest absolute Gasteiger partial charge is 0.441 e. The van der Waals surface area contributed by atoms with Crippen LogP contribution in [0.4, 0.5) is 31.1 Å². The van der Waals surface area contributed by atoms with Crippen LogP contribution in [0.25, 0.3) is 0 Å². The number of amides is 2. The minimum atomic E-state index is -5.89. The quantitative estimate of drug-likeness (QED) is 0.758. The van der Waals surface area contributed by atoms with Crippen molar-refractivity contribution in [3.63, 3.8) is 0 Å². The highest BCUT2D eigenvalue weighted by molar-refractivity contribution is 6.09. The smallest absolute Gasteiger partial charge is 0.298 e. The first-order valence-corrected chi connectivity index (χ1v) is 7.97. The van der Waals surface area contributed by atoms with Crippen molar-refractivity contribution in [3.05, 3.63) is 71.8 Å². The van der Waals surface area contributed by atoms with Crippen LogP contribution in [0.2, 0.25) is 0 Å². The molecule has 0 aromatic heterocycles. The number of amidine groups is 1. The number of urea groups is 1. The zero-order valence-electron chi connectivity index (χ0n) is 14.1. The van der Waals surface area contributed by atoms with Crippen molar-refractivity contribution in [3.8, 4) is 0 Å². The van der Waals surface area contributed by atoms with Gasteiger partial charge in [0.25, 0.3) is 0 Å². The van der Waals surface area contributed by atoms with Crippen molar-refractivity contribution in [2.75, 3.05) is 0 Å². The van der Waals surface area contributed by atoms with E-state index < -0.39 is 29.9 Å². The summed E-state index contributed by atoms with van der Waals surface area (Å²) in [7, 11) is 0. The molecule has 0 saturated heterocycles. The standard InChI is InChI=1S/C18H13F6N3O/c19-17(20,21)16(18(22,23)24)25-14(13-9-5-2-6-10-13)27(15(28)26-16)11-12-7-3-1-4-8-12/h1-10H,11H2,(H,26,28). The molecule has 0 unspecified atom stereocenters. The molecule has 1 N–H and O–H groups in total. The van der Waals surface area contributed by atoms with Crippen LogP contribution in [0.15, 0.2) is 65.7 Å². The van der Waals surface area contributed by atoms with Gasteiger partial charge in [-0.1, -0.05) is 60.7 Å². The molecule has 0 atom stereocenters. The minimum absolute atomic E-state index is 0.0499. The van der Waals surface area contributed by atoms with E-state index in [-0.39, 0.29) is 12.1 Å². The number of carbonyl (C=O) groups excluding carboxylic acids is 1. The maximum Gasteiger partial charge on any atom is 0.441 e. The van der Waals surface area contributed by atoms with E-state index in [0.717, 1.165) is 10.2 Å². The van der Waals surface area contributed by atoms with Gasteiger partial charge in [-0.15, -0.1) is 0 Å². The summed E-state index contributed by atoms with van der Waals surface area (Å²) in [6, 6.07) is 13.5. The second-order valence-electron chi connectivity index (χ2n) is 6.01. The van der Waals surface area contributed by atoms with Gasteiger partial charge in [0.2, 0.25) is 0 Å². The summed E-state index contributed by atoms with van der Waals surface area (Å²) in [5.74, 6) is -0.720. The molecule has 28 heavy (non-hydrogen) atoms. The van der Waals surface area contributed by atoms with Crippen LogP contribution < -0.4 is 5.32 Å². The van der Waals surface area contributed by atoms with Crippen LogP contribution in [0.5, 0.6) is 0 Å². The summed E-state index contributed by atoms with van der Waals surface area (Å²) >= 11 is 0. The Morgan fingerprint density at radius 3 is 1.86 bits per heavy atom. The van der Waals surface area contributed by atoms with E-state index >= 15 is 0 Å². The highest BCUT2D eigenvalue weighted by Crippen LogP contribution is 2.46. The minimum Gasteiger partial charge on any atom is -0.298 e. The zero-order chi connectivity index (χ0) is 20.6. The molecule has 0 spiro atoms. The SMILES string of the molecule is O=C1NC(C(F)(F)F)(C(F)(F)F)N=C(c2ccccc2)N1Cc1ccccc1. The van der Waals surface area contributed by atoms with Crippen LogP contribution in [-0.2, 0) is 6.54 Å². The summed E-state index contributed by atoms with van der Waals surface area (Å²) in [6.45, 7) is -0.258. The van der Waals surface area contributed by atoms with Gasteiger partial charge in [0.05, 0.1) is 6.54 Å². The normalized spacial score (nSPS) is 17.1. The summed E-state index contributed by atoms with van der Waals surface area (Å²) in [5, 5.41) is 1.03. The number of nitrogens with zero attached hydrogens (tertiary/aromatic N) is 2. The molecule has 2 aromatic carbocycles. The Kier molecular flexibility index (Phi) is 4.82. The Bertz CT molecular complexity index is 864. The van der Waals surface area contributed by atoms with Gasteiger partial charge in [0.15, 0.2) is 0 Å². The molecule has 3 rings (SSSR count). The average Bonchev–Trinajstić information content (AvgIpc) is 2.63. The molecule has 1 heterocycles. The summed E-state index contributed by atoms with van der Waals surface area (Å²) in [4.78, 5) is 16.2. The lowest BCUT2D eigenvalue weighted by Gasteiger charge is -2.41. The van der Waals surface area contributed by atoms with E-state index in [9.17, 15) is 31.1 Å². The first-order valence-electron chi connectivity index (χ1n) is 7.97. The molecule has 148 valence electrons. The van der Waals surface area contributed by atoms with E-state index in [2.05, 4.69) is 4.99 Å². The van der Waals surface area contributed by atoms with Gasteiger partial charge in [0.1, 0.15) is 5.84 Å². The summed E-state index contributed by atoms with van der Waals surface area (Å²) in [6.07, 6.45) is -11.8. The number of carbonyl (C=O) groups is 1. The second kappa shape index (κ2) is 6.84. The van der Waals surface area contributed by atoms with Gasteiger partial charge in [0, 0.05) is 5.56 Å². The third-order valence-corrected chi connectivity index (χ3v) is 4.10. The Hall–Kier alpha value is -3.04. The predicted molar refractivity (Wildman–Crippen MR) is 88.3 cm³/mol. The number of alkyl halides is 6. The molecule has 0 saturated carbocycles. The maximum atomic E-state index is 13.4. The van der Waals surface area contributed by atoms with Gasteiger partial charge in [-0.05, 0) is 5.56 Å². The topological polar surface area (TPSA) is 44.7 Å². The Balaban J connectivity index is 2.19. The monoisotopic (exact) mass is 401 g/mol. The van der Waals surface area contributed by atoms with Gasteiger partial charge >= 0.3 is 24.0 Å². The molecular formula is C18H13F6N3O. The molecule has 1 aliphatic rings. The lowest BCUT2D eigenvalue weighted by atomic mass is 10.1. The van der Waals surface area contributed by atoms with Crippen LogP contribution in [0, 0.1) is 0 Å². The van der Waals surface area contributed by atoms with E-state index in [0.29, 0.717) is 5.56 Å². The number of hydrogen-bond acceptors (Lipinski definition) is 2. The van der Waals surface area contributed by atoms with E-state index in [1.54, 1.807) is 30.3 Å². The molecule has 0 bridgehead atoms. The Morgan fingerprint density at radius 2 is 1.36 bits per heavy atom. The molecule has 0 fully saturated rings. The van der Waals surface area contributed by atoms with Crippen molar-refractivity contribution in [1.29, 1.82) is 0 Å². The van der Waals surface area contributed by atoms with Crippen molar-refractivity contribution < 1.29 is 31.1 Å². The third-order valence-electron chi connectivity index (χ3n) is 4.10. The fourth-order valence-electron chi connectivity index (χ4n) is 2.72. The third kappa shape index (κ3) is 3.41. The van der Waals surface area contributed by atoms with Crippen molar-refractivity contribution in [2.24, 2.45) is 4.99 Å². The highest BCUT2D eigenvalue weighted by Gasteiger charge is 2.74. The number of halogens is 6. The molecule has 1 aliphatic heterocycles. The second-order valence-corrected chi connectivity index (χ2v) is 6.01. The zero-order valence-corrected chi connectivity index (χ0v) is 14.1. The van der Waals surface area contributed by atoms with Gasteiger partial charge in [-0.3, -0.25) is 10.2 Å². The molecular weight excluding hydrogens is 388 g/mol. The predicted octanol–water partition coefficient (Wildman–Crippen LogP) is 4.48. The average molecular weight is 401 g/mol. The summed E-state index contributed by atoms with van der Waals surface area (Å²) < 4.78 is 80.7. The molecule has 10 heteroatoms. The van der Waals surface area contributed by atoms with Gasteiger partial charge < -0.3 is 0 Å². The highest BCUT2D eigenvalue weighted by atomic mass is 19.4. The van der Waals surface area contributed by atoms with E-state index in [1.807, 2.05) is 0 Å². The lowest BCUT2D eigenvalue weighted by molar-refractivity contribution is -0.302.